The largest absolute Gasteiger partial charge is 0.496 e. The second-order valence-electron chi connectivity index (χ2n) is 4.66. The molecule has 0 unspecified atom stereocenters. The smallest absolute Gasteiger partial charge is 0.263 e. The minimum atomic E-state index is -0.165. The second-order valence-corrected chi connectivity index (χ2v) is 5.78. The molecule has 0 saturated carbocycles. The number of hydrogen-bond acceptors (Lipinski definition) is 6. The Morgan fingerprint density at radius 3 is 2.30 bits per heavy atom. The summed E-state index contributed by atoms with van der Waals surface area (Å²) in [6, 6.07) is 3.51. The van der Waals surface area contributed by atoms with Crippen molar-refractivity contribution in [3.8, 4) is 17.2 Å². The topological polar surface area (TPSA) is 69.7 Å². The number of nitrogens with one attached hydrogen (secondary N) is 1. The van der Waals surface area contributed by atoms with Crippen LogP contribution in [0.25, 0.3) is 0 Å². The third-order valence-electron chi connectivity index (χ3n) is 3.32. The van der Waals surface area contributed by atoms with Crippen LogP contribution in [0.15, 0.2) is 18.3 Å². The molecule has 6 nitrogen and oxygen atoms in total. The van der Waals surface area contributed by atoms with E-state index in [0.29, 0.717) is 22.1 Å². The SMILES string of the molecule is CCc1ncc(C(=O)NCc2c(OC)cc(OC)cc2OC)s1. The highest BCUT2D eigenvalue weighted by atomic mass is 32.1. The monoisotopic (exact) mass is 336 g/mol. The highest BCUT2D eigenvalue weighted by Gasteiger charge is 2.16. The van der Waals surface area contributed by atoms with E-state index in [2.05, 4.69) is 10.3 Å². The second kappa shape index (κ2) is 7.82. The number of nitrogens with zero attached hydrogens (tertiary/aromatic N) is 1. The third-order valence-corrected chi connectivity index (χ3v) is 4.46. The van der Waals surface area contributed by atoms with Crippen LogP contribution in [0.1, 0.15) is 27.2 Å². The zero-order valence-electron chi connectivity index (χ0n) is 13.6. The Balaban J connectivity index is 2.17. The van der Waals surface area contributed by atoms with Crippen molar-refractivity contribution in [2.75, 3.05) is 21.3 Å². The Kier molecular flexibility index (Phi) is 5.81. The van der Waals surface area contributed by atoms with Gasteiger partial charge in [-0.3, -0.25) is 4.79 Å². The maximum atomic E-state index is 12.2. The van der Waals surface area contributed by atoms with Crippen molar-refractivity contribution in [1.29, 1.82) is 0 Å². The predicted octanol–water partition coefficient (Wildman–Crippen LogP) is 2.66. The highest BCUT2D eigenvalue weighted by molar-refractivity contribution is 7.13. The first kappa shape index (κ1) is 17.1. The lowest BCUT2D eigenvalue weighted by atomic mass is 10.1. The zero-order chi connectivity index (χ0) is 16.8. The third kappa shape index (κ3) is 3.92. The fourth-order valence-corrected chi connectivity index (χ4v) is 2.86. The van der Waals surface area contributed by atoms with Crippen LogP contribution in [0.3, 0.4) is 0 Å². The van der Waals surface area contributed by atoms with E-state index >= 15 is 0 Å². The molecule has 7 heteroatoms. The molecule has 0 radical (unpaired) electrons. The van der Waals surface area contributed by atoms with Crippen molar-refractivity contribution in [1.82, 2.24) is 10.3 Å². The summed E-state index contributed by atoms with van der Waals surface area (Å²) in [5, 5.41) is 3.81. The number of ether oxygens (including phenoxy) is 3. The van der Waals surface area contributed by atoms with E-state index in [1.165, 1.54) is 11.3 Å². The molecular weight excluding hydrogens is 316 g/mol. The number of thiazole rings is 1. The molecule has 1 aromatic carbocycles. The van der Waals surface area contributed by atoms with Crippen molar-refractivity contribution in [3.63, 3.8) is 0 Å². The van der Waals surface area contributed by atoms with E-state index in [9.17, 15) is 4.79 Å². The molecule has 0 fully saturated rings. The Hall–Kier alpha value is -2.28. The molecule has 0 spiro atoms. The van der Waals surface area contributed by atoms with E-state index < -0.39 is 0 Å². The van der Waals surface area contributed by atoms with Gasteiger partial charge in [-0.2, -0.15) is 0 Å². The van der Waals surface area contributed by atoms with Crippen LogP contribution in [0, 0.1) is 0 Å². The van der Waals surface area contributed by atoms with E-state index in [0.717, 1.165) is 17.0 Å². The summed E-state index contributed by atoms with van der Waals surface area (Å²) >= 11 is 1.40. The van der Waals surface area contributed by atoms with Crippen molar-refractivity contribution in [2.45, 2.75) is 19.9 Å². The van der Waals surface area contributed by atoms with Crippen LogP contribution < -0.4 is 19.5 Å². The van der Waals surface area contributed by atoms with Crippen molar-refractivity contribution < 1.29 is 19.0 Å². The summed E-state index contributed by atoms with van der Waals surface area (Å²) in [4.78, 5) is 17.0. The fourth-order valence-electron chi connectivity index (χ4n) is 2.09. The molecule has 0 aliphatic carbocycles. The number of hydrogen-bond donors (Lipinski definition) is 1. The van der Waals surface area contributed by atoms with Gasteiger partial charge in [0.25, 0.3) is 5.91 Å². The van der Waals surface area contributed by atoms with Gasteiger partial charge in [-0.25, -0.2) is 4.98 Å². The number of amides is 1. The van der Waals surface area contributed by atoms with Gasteiger partial charge in [0.15, 0.2) is 0 Å². The van der Waals surface area contributed by atoms with E-state index in [1.807, 2.05) is 6.92 Å². The van der Waals surface area contributed by atoms with Crippen LogP contribution in [0.4, 0.5) is 0 Å². The minimum Gasteiger partial charge on any atom is -0.496 e. The summed E-state index contributed by atoms with van der Waals surface area (Å²) < 4.78 is 15.9. The highest BCUT2D eigenvalue weighted by Crippen LogP contribution is 2.33. The molecule has 1 aromatic heterocycles. The molecule has 0 aliphatic heterocycles. The molecule has 124 valence electrons. The average Bonchev–Trinajstić information content (AvgIpc) is 3.08. The van der Waals surface area contributed by atoms with Crippen molar-refractivity contribution >= 4 is 17.2 Å². The van der Waals surface area contributed by atoms with Gasteiger partial charge in [0, 0.05) is 12.1 Å². The van der Waals surface area contributed by atoms with Crippen LogP contribution in [-0.4, -0.2) is 32.2 Å². The number of aromatic nitrogens is 1. The number of aryl methyl sites for hydroxylation is 1. The van der Waals surface area contributed by atoms with Gasteiger partial charge in [0.05, 0.1) is 44.6 Å². The average molecular weight is 336 g/mol. The Labute approximate surface area is 139 Å². The number of rotatable bonds is 7. The van der Waals surface area contributed by atoms with Gasteiger partial charge < -0.3 is 19.5 Å². The van der Waals surface area contributed by atoms with E-state index in [4.69, 9.17) is 14.2 Å². The van der Waals surface area contributed by atoms with E-state index in [1.54, 1.807) is 39.7 Å². The van der Waals surface area contributed by atoms with Gasteiger partial charge in [-0.05, 0) is 6.42 Å². The maximum absolute atomic E-state index is 12.2. The van der Waals surface area contributed by atoms with Gasteiger partial charge in [-0.15, -0.1) is 11.3 Å². The number of methoxy groups -OCH3 is 3. The van der Waals surface area contributed by atoms with E-state index in [-0.39, 0.29) is 12.5 Å². The van der Waals surface area contributed by atoms with Crippen LogP contribution in [0.2, 0.25) is 0 Å². The molecule has 1 heterocycles. The van der Waals surface area contributed by atoms with Gasteiger partial charge in [-0.1, -0.05) is 6.92 Å². The number of benzene rings is 1. The Bertz CT molecular complexity index is 659. The van der Waals surface area contributed by atoms with Gasteiger partial charge in [0.1, 0.15) is 22.1 Å². The zero-order valence-corrected chi connectivity index (χ0v) is 14.5. The summed E-state index contributed by atoms with van der Waals surface area (Å²) in [5.41, 5.74) is 0.754. The normalized spacial score (nSPS) is 10.3. The standard InChI is InChI=1S/C16H20N2O4S/c1-5-15-17-9-14(23-15)16(19)18-8-11-12(21-3)6-10(20-2)7-13(11)22-4/h6-7,9H,5,8H2,1-4H3,(H,18,19). The number of carbonyl (C=O) groups excluding carboxylic acids is 1. The maximum Gasteiger partial charge on any atom is 0.263 e. The molecule has 0 saturated heterocycles. The van der Waals surface area contributed by atoms with Crippen molar-refractivity contribution in [3.05, 3.63) is 33.8 Å². The summed E-state index contributed by atoms with van der Waals surface area (Å²) in [7, 11) is 4.71. The first-order valence-electron chi connectivity index (χ1n) is 7.14. The fraction of sp³-hybridized carbons (Fsp3) is 0.375. The quantitative estimate of drug-likeness (QED) is 0.842. The molecule has 1 amide bonds. The lowest BCUT2D eigenvalue weighted by molar-refractivity contribution is 0.0954. The minimum absolute atomic E-state index is 0.165. The molecule has 2 rings (SSSR count). The van der Waals surface area contributed by atoms with Crippen LogP contribution in [0.5, 0.6) is 17.2 Å². The molecule has 0 aliphatic rings. The van der Waals surface area contributed by atoms with Crippen molar-refractivity contribution in [2.24, 2.45) is 0 Å². The molecule has 2 aromatic rings. The molecule has 1 N–H and O–H groups in total. The summed E-state index contributed by atoms with van der Waals surface area (Å²) in [6.45, 7) is 2.29. The Morgan fingerprint density at radius 1 is 1.17 bits per heavy atom. The molecule has 0 bridgehead atoms. The van der Waals surface area contributed by atoms with Crippen LogP contribution in [-0.2, 0) is 13.0 Å². The number of carbonyl (C=O) groups is 1. The lowest BCUT2D eigenvalue weighted by Crippen LogP contribution is -2.22. The summed E-state index contributed by atoms with van der Waals surface area (Å²) in [6.07, 6.45) is 2.42. The van der Waals surface area contributed by atoms with Gasteiger partial charge in [0.2, 0.25) is 0 Å². The van der Waals surface area contributed by atoms with Gasteiger partial charge >= 0.3 is 0 Å². The van der Waals surface area contributed by atoms with Crippen LogP contribution >= 0.6 is 11.3 Å². The summed E-state index contributed by atoms with van der Waals surface area (Å²) in [5.74, 6) is 1.66. The molecule has 0 atom stereocenters. The molecule has 23 heavy (non-hydrogen) atoms. The first-order valence-corrected chi connectivity index (χ1v) is 7.96. The molecular formula is C16H20N2O4S. The Morgan fingerprint density at radius 2 is 1.83 bits per heavy atom. The lowest BCUT2D eigenvalue weighted by Gasteiger charge is -2.15. The predicted molar refractivity (Wildman–Crippen MR) is 88.8 cm³/mol. The first-order chi connectivity index (χ1) is 11.1.